The molecule has 3 aromatic rings. The van der Waals surface area contributed by atoms with Gasteiger partial charge in [0.15, 0.2) is 0 Å². The number of hydrogen-bond acceptors (Lipinski definition) is 4. The SMILES string of the molecule is Cc1cccc(CC(=O)N[C@H](Cc2ccccc2)C(=O)NCc2cc(=O)n(C)c(=O)n2C)c1. The van der Waals surface area contributed by atoms with Crippen molar-refractivity contribution in [2.24, 2.45) is 14.1 Å². The maximum atomic E-state index is 13.0. The van der Waals surface area contributed by atoms with E-state index in [0.717, 1.165) is 21.3 Å². The molecule has 1 atom stereocenters. The van der Waals surface area contributed by atoms with Crippen LogP contribution in [-0.4, -0.2) is 27.0 Å². The average molecular weight is 449 g/mol. The molecular formula is C25H28N4O4. The van der Waals surface area contributed by atoms with Gasteiger partial charge in [0.25, 0.3) is 5.56 Å². The lowest BCUT2D eigenvalue weighted by atomic mass is 10.0. The summed E-state index contributed by atoms with van der Waals surface area (Å²) in [6.45, 7) is 1.94. The van der Waals surface area contributed by atoms with E-state index < -0.39 is 23.2 Å². The van der Waals surface area contributed by atoms with Crippen molar-refractivity contribution in [1.82, 2.24) is 19.8 Å². The lowest BCUT2D eigenvalue weighted by molar-refractivity contribution is -0.128. The lowest BCUT2D eigenvalue weighted by Crippen LogP contribution is -2.49. The third-order valence-corrected chi connectivity index (χ3v) is 5.45. The Morgan fingerprint density at radius 2 is 1.61 bits per heavy atom. The van der Waals surface area contributed by atoms with Crippen molar-refractivity contribution in [3.63, 3.8) is 0 Å². The number of rotatable bonds is 8. The van der Waals surface area contributed by atoms with Crippen LogP contribution in [0.25, 0.3) is 0 Å². The fourth-order valence-corrected chi connectivity index (χ4v) is 3.56. The average Bonchev–Trinajstić information content (AvgIpc) is 2.79. The quantitative estimate of drug-likeness (QED) is 0.536. The lowest BCUT2D eigenvalue weighted by Gasteiger charge is -2.19. The van der Waals surface area contributed by atoms with Gasteiger partial charge in [-0.05, 0) is 18.1 Å². The molecule has 0 fully saturated rings. The molecule has 2 aromatic carbocycles. The minimum Gasteiger partial charge on any atom is -0.349 e. The van der Waals surface area contributed by atoms with E-state index in [1.807, 2.05) is 61.5 Å². The zero-order chi connectivity index (χ0) is 24.0. The molecule has 0 spiro atoms. The van der Waals surface area contributed by atoms with E-state index in [2.05, 4.69) is 10.6 Å². The van der Waals surface area contributed by atoms with Gasteiger partial charge in [-0.1, -0.05) is 60.2 Å². The maximum Gasteiger partial charge on any atom is 0.330 e. The summed E-state index contributed by atoms with van der Waals surface area (Å²) >= 11 is 0. The van der Waals surface area contributed by atoms with Crippen LogP contribution in [0.15, 0.2) is 70.3 Å². The van der Waals surface area contributed by atoms with Crippen molar-refractivity contribution in [2.75, 3.05) is 0 Å². The molecule has 2 N–H and O–H groups in total. The van der Waals surface area contributed by atoms with Gasteiger partial charge in [0, 0.05) is 32.3 Å². The number of hydrogen-bond donors (Lipinski definition) is 2. The molecule has 0 aliphatic heterocycles. The predicted molar refractivity (Wildman–Crippen MR) is 126 cm³/mol. The zero-order valence-corrected chi connectivity index (χ0v) is 19.0. The summed E-state index contributed by atoms with van der Waals surface area (Å²) < 4.78 is 2.30. The van der Waals surface area contributed by atoms with Gasteiger partial charge < -0.3 is 10.6 Å². The second kappa shape index (κ2) is 10.6. The summed E-state index contributed by atoms with van der Waals surface area (Å²) in [5, 5.41) is 5.58. The standard InChI is InChI=1S/C25H28N4O4/c1-17-8-7-11-19(12-17)14-22(30)27-21(13-18-9-5-4-6-10-18)24(32)26-16-20-15-23(31)29(3)25(33)28(20)2/h4-12,15,21H,13-14,16H2,1-3H3,(H,26,32)(H,27,30)/t21-/m1/s1. The van der Waals surface area contributed by atoms with E-state index in [1.165, 1.54) is 24.7 Å². The number of nitrogens with one attached hydrogen (secondary N) is 2. The van der Waals surface area contributed by atoms with Crippen LogP contribution in [0, 0.1) is 6.92 Å². The molecule has 172 valence electrons. The Kier molecular flexibility index (Phi) is 7.61. The Morgan fingerprint density at radius 3 is 2.30 bits per heavy atom. The molecule has 8 nitrogen and oxygen atoms in total. The first-order valence-electron chi connectivity index (χ1n) is 10.7. The van der Waals surface area contributed by atoms with Gasteiger partial charge in [0.2, 0.25) is 11.8 Å². The second-order valence-electron chi connectivity index (χ2n) is 8.07. The molecule has 0 aliphatic carbocycles. The highest BCUT2D eigenvalue weighted by molar-refractivity contribution is 5.88. The molecule has 33 heavy (non-hydrogen) atoms. The van der Waals surface area contributed by atoms with E-state index in [1.54, 1.807) is 0 Å². The number of carbonyl (C=O) groups is 2. The molecule has 0 saturated heterocycles. The van der Waals surface area contributed by atoms with E-state index in [0.29, 0.717) is 12.1 Å². The second-order valence-corrected chi connectivity index (χ2v) is 8.07. The molecule has 8 heteroatoms. The van der Waals surface area contributed by atoms with Crippen LogP contribution in [0.1, 0.15) is 22.4 Å². The van der Waals surface area contributed by atoms with E-state index in [9.17, 15) is 19.2 Å². The molecular weight excluding hydrogens is 420 g/mol. The van der Waals surface area contributed by atoms with Crippen LogP contribution in [0.4, 0.5) is 0 Å². The minimum absolute atomic E-state index is 0.0142. The zero-order valence-electron chi connectivity index (χ0n) is 19.0. The Hall–Kier alpha value is -3.94. The smallest absolute Gasteiger partial charge is 0.330 e. The molecule has 0 bridgehead atoms. The molecule has 0 saturated carbocycles. The molecule has 1 aromatic heterocycles. The fraction of sp³-hybridized carbons (Fsp3) is 0.280. The largest absolute Gasteiger partial charge is 0.349 e. The third kappa shape index (κ3) is 6.29. The van der Waals surface area contributed by atoms with Crippen molar-refractivity contribution >= 4 is 11.8 Å². The van der Waals surface area contributed by atoms with Crippen molar-refractivity contribution in [3.8, 4) is 0 Å². The number of nitrogens with zero attached hydrogens (tertiary/aromatic N) is 2. The van der Waals surface area contributed by atoms with Gasteiger partial charge in [-0.2, -0.15) is 0 Å². The van der Waals surface area contributed by atoms with E-state index >= 15 is 0 Å². The van der Waals surface area contributed by atoms with Crippen LogP contribution in [0.2, 0.25) is 0 Å². The number of benzene rings is 2. The summed E-state index contributed by atoms with van der Waals surface area (Å²) in [4.78, 5) is 49.8. The molecule has 2 amide bonds. The van der Waals surface area contributed by atoms with Gasteiger partial charge >= 0.3 is 5.69 Å². The Bertz CT molecular complexity index is 1260. The Balaban J connectivity index is 1.74. The fourth-order valence-electron chi connectivity index (χ4n) is 3.56. The van der Waals surface area contributed by atoms with Crippen LogP contribution < -0.4 is 21.9 Å². The highest BCUT2D eigenvalue weighted by Gasteiger charge is 2.22. The summed E-state index contributed by atoms with van der Waals surface area (Å²) in [5.41, 5.74) is 2.27. The van der Waals surface area contributed by atoms with Crippen LogP contribution in [0.5, 0.6) is 0 Å². The van der Waals surface area contributed by atoms with Crippen LogP contribution >= 0.6 is 0 Å². The normalized spacial score (nSPS) is 11.6. The summed E-state index contributed by atoms with van der Waals surface area (Å²) in [7, 11) is 2.93. The highest BCUT2D eigenvalue weighted by atomic mass is 16.2. The first-order chi connectivity index (χ1) is 15.7. The summed E-state index contributed by atoms with van der Waals surface area (Å²) in [6, 6.07) is 17.5. The topological polar surface area (TPSA) is 102 Å². The first kappa shape index (κ1) is 23.7. The van der Waals surface area contributed by atoms with Gasteiger partial charge in [-0.25, -0.2) is 4.79 Å². The van der Waals surface area contributed by atoms with Gasteiger partial charge in [0.05, 0.1) is 13.0 Å². The van der Waals surface area contributed by atoms with E-state index in [-0.39, 0.29) is 18.9 Å². The maximum absolute atomic E-state index is 13.0. The molecule has 1 heterocycles. The number of aryl methyl sites for hydroxylation is 1. The number of carbonyl (C=O) groups excluding carboxylic acids is 2. The molecule has 0 radical (unpaired) electrons. The Labute approximate surface area is 191 Å². The van der Waals surface area contributed by atoms with Gasteiger partial charge in [0.1, 0.15) is 6.04 Å². The predicted octanol–water partition coefficient (Wildman–Crippen LogP) is 0.979. The monoisotopic (exact) mass is 448 g/mol. The van der Waals surface area contributed by atoms with Gasteiger partial charge in [-0.15, -0.1) is 0 Å². The van der Waals surface area contributed by atoms with Crippen LogP contribution in [0.3, 0.4) is 0 Å². The molecule has 0 aliphatic rings. The Morgan fingerprint density at radius 1 is 0.909 bits per heavy atom. The molecule has 0 unspecified atom stereocenters. The summed E-state index contributed by atoms with van der Waals surface area (Å²) in [5.74, 6) is -0.665. The first-order valence-corrected chi connectivity index (χ1v) is 10.7. The third-order valence-electron chi connectivity index (χ3n) is 5.45. The van der Waals surface area contributed by atoms with Crippen molar-refractivity contribution in [1.29, 1.82) is 0 Å². The van der Waals surface area contributed by atoms with E-state index in [4.69, 9.17) is 0 Å². The van der Waals surface area contributed by atoms with Gasteiger partial charge in [-0.3, -0.25) is 23.5 Å². The summed E-state index contributed by atoms with van der Waals surface area (Å²) in [6.07, 6.45) is 0.463. The molecule has 3 rings (SSSR count). The number of amides is 2. The highest BCUT2D eigenvalue weighted by Crippen LogP contribution is 2.07. The van der Waals surface area contributed by atoms with Crippen molar-refractivity contribution < 1.29 is 9.59 Å². The van der Waals surface area contributed by atoms with Crippen molar-refractivity contribution in [3.05, 3.63) is 104 Å². The number of aromatic nitrogens is 2. The van der Waals surface area contributed by atoms with Crippen LogP contribution in [-0.2, 0) is 43.1 Å². The minimum atomic E-state index is -0.812. The van der Waals surface area contributed by atoms with Crippen molar-refractivity contribution in [2.45, 2.75) is 32.4 Å².